The molecule has 3 amide bonds. The molecular weight excluding hydrogens is 390 g/mol. The number of aryl methyl sites for hydroxylation is 2. The third-order valence-electron chi connectivity index (χ3n) is 5.72. The third-order valence-corrected chi connectivity index (χ3v) is 5.72. The van der Waals surface area contributed by atoms with Gasteiger partial charge in [-0.05, 0) is 50.3 Å². The van der Waals surface area contributed by atoms with Crippen molar-refractivity contribution in [3.63, 3.8) is 0 Å². The summed E-state index contributed by atoms with van der Waals surface area (Å²) >= 11 is 0. The maximum Gasteiger partial charge on any atom is 0.315 e. The molecule has 3 N–H and O–H groups in total. The third kappa shape index (κ3) is 7.74. The van der Waals surface area contributed by atoms with Crippen LogP contribution in [0.15, 0.2) is 30.3 Å². The Morgan fingerprint density at radius 1 is 1.06 bits per heavy atom. The van der Waals surface area contributed by atoms with Crippen molar-refractivity contribution in [2.75, 3.05) is 6.54 Å². The van der Waals surface area contributed by atoms with Crippen molar-refractivity contribution in [1.29, 1.82) is 0 Å². The first kappa shape index (κ1) is 22.8. The van der Waals surface area contributed by atoms with E-state index in [0.717, 1.165) is 41.9 Å². The molecule has 2 aromatic rings. The van der Waals surface area contributed by atoms with Crippen molar-refractivity contribution < 1.29 is 9.59 Å². The Morgan fingerprint density at radius 2 is 1.84 bits per heavy atom. The largest absolute Gasteiger partial charge is 0.352 e. The molecule has 0 unspecified atom stereocenters. The zero-order valence-electron chi connectivity index (χ0n) is 18.7. The molecule has 1 fully saturated rings. The smallest absolute Gasteiger partial charge is 0.315 e. The van der Waals surface area contributed by atoms with Crippen LogP contribution in [0.1, 0.15) is 67.5 Å². The van der Waals surface area contributed by atoms with Crippen LogP contribution in [0.2, 0.25) is 0 Å². The van der Waals surface area contributed by atoms with Crippen molar-refractivity contribution in [2.24, 2.45) is 0 Å². The fraction of sp³-hybridized carbons (Fsp3) is 0.542. The van der Waals surface area contributed by atoms with Gasteiger partial charge in [0.25, 0.3) is 0 Å². The molecule has 1 aliphatic rings. The van der Waals surface area contributed by atoms with Gasteiger partial charge in [0.15, 0.2) is 0 Å². The average Bonchev–Trinajstić information content (AvgIpc) is 3.07. The summed E-state index contributed by atoms with van der Waals surface area (Å²) in [7, 11) is 0. The van der Waals surface area contributed by atoms with Gasteiger partial charge in [0.2, 0.25) is 5.91 Å². The first-order chi connectivity index (χ1) is 15.0. The van der Waals surface area contributed by atoms with E-state index in [1.165, 1.54) is 19.3 Å². The Kier molecular flexibility index (Phi) is 8.50. The molecule has 0 aliphatic heterocycles. The predicted octanol–water partition coefficient (Wildman–Crippen LogP) is 3.58. The number of nitrogens with zero attached hydrogens (tertiary/aromatic N) is 2. The second-order valence-corrected chi connectivity index (χ2v) is 8.52. The van der Waals surface area contributed by atoms with Crippen LogP contribution in [0, 0.1) is 13.8 Å². The molecular formula is C24H35N5O2. The molecule has 1 aromatic heterocycles. The van der Waals surface area contributed by atoms with Gasteiger partial charge < -0.3 is 16.0 Å². The van der Waals surface area contributed by atoms with E-state index >= 15 is 0 Å². The molecule has 0 radical (unpaired) electrons. The molecule has 0 bridgehead atoms. The topological polar surface area (TPSA) is 88.0 Å². The number of carbonyl (C=O) groups excluding carboxylic acids is 2. The summed E-state index contributed by atoms with van der Waals surface area (Å²) in [5, 5.41) is 13.4. The average molecular weight is 426 g/mol. The molecule has 1 aromatic carbocycles. The number of benzene rings is 1. The molecule has 7 heteroatoms. The van der Waals surface area contributed by atoms with E-state index in [1.54, 1.807) is 0 Å². The van der Waals surface area contributed by atoms with E-state index in [0.29, 0.717) is 32.0 Å². The summed E-state index contributed by atoms with van der Waals surface area (Å²) in [5.41, 5.74) is 4.38. The molecule has 168 valence electrons. The maximum absolute atomic E-state index is 12.1. The molecule has 31 heavy (non-hydrogen) atoms. The SMILES string of the molecule is Cc1cc(C)n(Cc2cccc(CNC(=O)CCCNC(=O)NC3CCCCC3)c2)n1. The monoisotopic (exact) mass is 425 g/mol. The summed E-state index contributed by atoms with van der Waals surface area (Å²) < 4.78 is 1.99. The number of rotatable bonds is 9. The normalized spacial score (nSPS) is 14.3. The van der Waals surface area contributed by atoms with E-state index in [1.807, 2.05) is 23.7 Å². The minimum Gasteiger partial charge on any atom is -0.352 e. The van der Waals surface area contributed by atoms with Gasteiger partial charge in [-0.25, -0.2) is 4.79 Å². The number of carbonyl (C=O) groups is 2. The van der Waals surface area contributed by atoms with Crippen LogP contribution in [0.3, 0.4) is 0 Å². The lowest BCUT2D eigenvalue weighted by Gasteiger charge is -2.22. The highest BCUT2D eigenvalue weighted by Crippen LogP contribution is 2.17. The van der Waals surface area contributed by atoms with Crippen LogP contribution in [-0.4, -0.2) is 34.3 Å². The maximum atomic E-state index is 12.1. The van der Waals surface area contributed by atoms with Crippen molar-refractivity contribution >= 4 is 11.9 Å². The molecule has 1 heterocycles. The molecule has 0 spiro atoms. The number of aromatic nitrogens is 2. The number of amides is 3. The van der Waals surface area contributed by atoms with Crippen LogP contribution in [0.4, 0.5) is 4.79 Å². The van der Waals surface area contributed by atoms with Crippen LogP contribution >= 0.6 is 0 Å². The van der Waals surface area contributed by atoms with Gasteiger partial charge in [0.05, 0.1) is 12.2 Å². The van der Waals surface area contributed by atoms with Gasteiger partial charge in [0.1, 0.15) is 0 Å². The lowest BCUT2D eigenvalue weighted by Crippen LogP contribution is -2.43. The highest BCUT2D eigenvalue weighted by atomic mass is 16.2. The molecule has 3 rings (SSSR count). The highest BCUT2D eigenvalue weighted by Gasteiger charge is 2.15. The Morgan fingerprint density at radius 3 is 2.58 bits per heavy atom. The Balaban J connectivity index is 1.33. The Hall–Kier alpha value is -2.83. The Labute approximate surface area is 185 Å². The van der Waals surface area contributed by atoms with Crippen molar-refractivity contribution in [3.05, 3.63) is 52.8 Å². The molecule has 7 nitrogen and oxygen atoms in total. The summed E-state index contributed by atoms with van der Waals surface area (Å²) in [4.78, 5) is 24.1. The summed E-state index contributed by atoms with van der Waals surface area (Å²) in [5.74, 6) is -0.00145. The van der Waals surface area contributed by atoms with Gasteiger partial charge in [-0.2, -0.15) is 5.10 Å². The van der Waals surface area contributed by atoms with Crippen LogP contribution in [0.5, 0.6) is 0 Å². The van der Waals surface area contributed by atoms with Crippen LogP contribution in [0.25, 0.3) is 0 Å². The van der Waals surface area contributed by atoms with E-state index in [9.17, 15) is 9.59 Å². The van der Waals surface area contributed by atoms with E-state index in [4.69, 9.17) is 0 Å². The molecule has 1 saturated carbocycles. The van der Waals surface area contributed by atoms with E-state index < -0.39 is 0 Å². The van der Waals surface area contributed by atoms with Crippen molar-refractivity contribution in [2.45, 2.75) is 77.9 Å². The number of hydrogen-bond acceptors (Lipinski definition) is 3. The van der Waals surface area contributed by atoms with Crippen LogP contribution in [-0.2, 0) is 17.9 Å². The van der Waals surface area contributed by atoms with E-state index in [2.05, 4.69) is 46.2 Å². The first-order valence-corrected chi connectivity index (χ1v) is 11.4. The second-order valence-electron chi connectivity index (χ2n) is 8.52. The molecule has 0 saturated heterocycles. The van der Waals surface area contributed by atoms with E-state index in [-0.39, 0.29) is 11.9 Å². The van der Waals surface area contributed by atoms with Gasteiger partial charge in [-0.1, -0.05) is 43.5 Å². The minimum absolute atomic E-state index is 0.00145. The second kappa shape index (κ2) is 11.5. The zero-order valence-corrected chi connectivity index (χ0v) is 18.7. The standard InChI is InChI=1S/C24H35N5O2/c1-18-14-19(2)29(28-18)17-21-9-6-8-20(15-21)16-26-23(30)12-7-13-25-24(31)27-22-10-4-3-5-11-22/h6,8-9,14-15,22H,3-5,7,10-13,16-17H2,1-2H3,(H,26,30)(H2,25,27,31). The quantitative estimate of drug-likeness (QED) is 0.537. The van der Waals surface area contributed by atoms with Crippen molar-refractivity contribution in [3.8, 4) is 0 Å². The van der Waals surface area contributed by atoms with Gasteiger partial charge in [-0.15, -0.1) is 0 Å². The van der Waals surface area contributed by atoms with Gasteiger partial charge in [0, 0.05) is 31.2 Å². The van der Waals surface area contributed by atoms with Crippen molar-refractivity contribution in [1.82, 2.24) is 25.7 Å². The summed E-state index contributed by atoms with van der Waals surface area (Å²) in [6.07, 6.45) is 6.81. The fourth-order valence-electron chi connectivity index (χ4n) is 4.07. The Bertz CT molecular complexity index is 871. The fourth-order valence-corrected chi connectivity index (χ4v) is 4.07. The summed E-state index contributed by atoms with van der Waals surface area (Å²) in [6.45, 7) is 5.77. The zero-order chi connectivity index (χ0) is 22.1. The molecule has 0 atom stereocenters. The number of urea groups is 1. The number of nitrogens with one attached hydrogen (secondary N) is 3. The predicted molar refractivity (Wildman–Crippen MR) is 122 cm³/mol. The lowest BCUT2D eigenvalue weighted by atomic mass is 9.96. The molecule has 1 aliphatic carbocycles. The first-order valence-electron chi connectivity index (χ1n) is 11.4. The highest BCUT2D eigenvalue weighted by molar-refractivity contribution is 5.76. The van der Waals surface area contributed by atoms with Gasteiger partial charge in [-0.3, -0.25) is 9.48 Å². The summed E-state index contributed by atoms with van der Waals surface area (Å²) in [6, 6.07) is 10.5. The minimum atomic E-state index is -0.119. The number of hydrogen-bond donors (Lipinski definition) is 3. The van der Waals surface area contributed by atoms with Crippen LogP contribution < -0.4 is 16.0 Å². The lowest BCUT2D eigenvalue weighted by molar-refractivity contribution is -0.121. The van der Waals surface area contributed by atoms with Gasteiger partial charge >= 0.3 is 6.03 Å².